The van der Waals surface area contributed by atoms with Crippen molar-refractivity contribution in [2.75, 3.05) is 5.32 Å². The van der Waals surface area contributed by atoms with Crippen LogP contribution in [0.2, 0.25) is 5.22 Å². The molecule has 0 spiro atoms. The summed E-state index contributed by atoms with van der Waals surface area (Å²) in [5.41, 5.74) is -0.652. The van der Waals surface area contributed by atoms with E-state index in [9.17, 15) is 19.3 Å². The van der Waals surface area contributed by atoms with Crippen LogP contribution >= 0.6 is 11.6 Å². The van der Waals surface area contributed by atoms with Gasteiger partial charge in [-0.15, -0.1) is 0 Å². The molecule has 98 valence electrons. The minimum atomic E-state index is -0.795. The van der Waals surface area contributed by atoms with Crippen molar-refractivity contribution in [3.8, 4) is 0 Å². The number of nitro groups is 1. The average molecular weight is 285 g/mol. The summed E-state index contributed by atoms with van der Waals surface area (Å²) in [6, 6.07) is 5.45. The normalized spacial score (nSPS) is 10.2. The molecule has 0 fully saturated rings. The number of benzene rings is 1. The van der Waals surface area contributed by atoms with E-state index in [2.05, 4.69) is 5.32 Å². The molecule has 19 heavy (non-hydrogen) atoms. The quantitative estimate of drug-likeness (QED) is 0.692. The minimum absolute atomic E-state index is 0.00432. The maximum Gasteiger partial charge on any atom is 0.291 e. The molecule has 2 aromatic rings. The van der Waals surface area contributed by atoms with Crippen molar-refractivity contribution in [3.63, 3.8) is 0 Å². The van der Waals surface area contributed by atoms with Gasteiger partial charge >= 0.3 is 0 Å². The number of non-ortho nitro benzene ring substituents is 1. The van der Waals surface area contributed by atoms with E-state index in [1.165, 1.54) is 12.1 Å². The van der Waals surface area contributed by atoms with Crippen LogP contribution in [0.25, 0.3) is 0 Å². The molecule has 0 atom stereocenters. The van der Waals surface area contributed by atoms with Gasteiger partial charge in [-0.3, -0.25) is 14.9 Å². The number of halogens is 2. The molecule has 8 heteroatoms. The highest BCUT2D eigenvalue weighted by Gasteiger charge is 2.16. The summed E-state index contributed by atoms with van der Waals surface area (Å²) in [6.45, 7) is 0. The lowest BCUT2D eigenvalue weighted by atomic mass is 10.2. The molecular formula is C11H6ClFN2O4. The molecule has 6 nitrogen and oxygen atoms in total. The van der Waals surface area contributed by atoms with Gasteiger partial charge in [0.15, 0.2) is 11.0 Å². The summed E-state index contributed by atoms with van der Waals surface area (Å²) in [4.78, 5) is 21.5. The fourth-order valence-electron chi connectivity index (χ4n) is 1.34. The van der Waals surface area contributed by atoms with Crippen LogP contribution in [0.3, 0.4) is 0 Å². The molecule has 1 aromatic heterocycles. The SMILES string of the molecule is O=C(Nc1cc([N+](=O)[O-])ccc1F)c1ccc(Cl)o1. The summed E-state index contributed by atoms with van der Waals surface area (Å²) in [5, 5.41) is 12.7. The number of amides is 1. The van der Waals surface area contributed by atoms with E-state index < -0.39 is 16.6 Å². The molecule has 2 rings (SSSR count). The van der Waals surface area contributed by atoms with Gasteiger partial charge in [0, 0.05) is 12.1 Å². The highest BCUT2D eigenvalue weighted by Crippen LogP contribution is 2.22. The van der Waals surface area contributed by atoms with Crippen LogP contribution in [0, 0.1) is 15.9 Å². The number of hydrogen-bond acceptors (Lipinski definition) is 4. The van der Waals surface area contributed by atoms with Crippen molar-refractivity contribution in [3.05, 3.63) is 57.2 Å². The van der Waals surface area contributed by atoms with Crippen LogP contribution in [-0.4, -0.2) is 10.8 Å². The molecule has 0 saturated carbocycles. The third kappa shape index (κ3) is 2.89. The Morgan fingerprint density at radius 3 is 2.68 bits per heavy atom. The second kappa shape index (κ2) is 5.07. The van der Waals surface area contributed by atoms with Crippen LogP contribution in [-0.2, 0) is 0 Å². The zero-order valence-electron chi connectivity index (χ0n) is 9.22. The number of anilines is 1. The number of nitro benzene ring substituents is 1. The third-order valence-corrected chi connectivity index (χ3v) is 2.41. The number of furan rings is 1. The lowest BCUT2D eigenvalue weighted by Crippen LogP contribution is -2.12. The molecule has 0 saturated heterocycles. The van der Waals surface area contributed by atoms with Crippen molar-refractivity contribution in [2.24, 2.45) is 0 Å². The number of rotatable bonds is 3. The van der Waals surface area contributed by atoms with E-state index in [-0.39, 0.29) is 22.4 Å². The Kier molecular flexibility index (Phi) is 3.48. The monoisotopic (exact) mass is 284 g/mol. The van der Waals surface area contributed by atoms with Gasteiger partial charge in [0.05, 0.1) is 10.6 Å². The Balaban J connectivity index is 2.25. The molecule has 0 aliphatic rings. The van der Waals surface area contributed by atoms with Crippen molar-refractivity contribution in [1.29, 1.82) is 0 Å². The zero-order valence-corrected chi connectivity index (χ0v) is 9.98. The molecular weight excluding hydrogens is 279 g/mol. The van der Waals surface area contributed by atoms with E-state index in [1.807, 2.05) is 0 Å². The van der Waals surface area contributed by atoms with Gasteiger partial charge in [-0.2, -0.15) is 0 Å². The van der Waals surface area contributed by atoms with Crippen LogP contribution < -0.4 is 5.32 Å². The van der Waals surface area contributed by atoms with Crippen molar-refractivity contribution >= 4 is 28.9 Å². The van der Waals surface area contributed by atoms with Gasteiger partial charge in [0.25, 0.3) is 11.6 Å². The van der Waals surface area contributed by atoms with Crippen LogP contribution in [0.5, 0.6) is 0 Å². The van der Waals surface area contributed by atoms with Crippen LogP contribution in [0.1, 0.15) is 10.6 Å². The van der Waals surface area contributed by atoms with Gasteiger partial charge in [-0.1, -0.05) is 0 Å². The maximum absolute atomic E-state index is 13.4. The summed E-state index contributed by atoms with van der Waals surface area (Å²) in [6.07, 6.45) is 0. The van der Waals surface area contributed by atoms with E-state index >= 15 is 0 Å². The van der Waals surface area contributed by atoms with E-state index in [0.717, 1.165) is 18.2 Å². The van der Waals surface area contributed by atoms with Crippen LogP contribution in [0.15, 0.2) is 34.7 Å². The number of carbonyl (C=O) groups is 1. The van der Waals surface area contributed by atoms with E-state index in [0.29, 0.717) is 0 Å². The second-order valence-electron chi connectivity index (χ2n) is 3.48. The Morgan fingerprint density at radius 2 is 2.11 bits per heavy atom. The second-order valence-corrected chi connectivity index (χ2v) is 3.85. The van der Waals surface area contributed by atoms with Crippen molar-refractivity contribution in [1.82, 2.24) is 0 Å². The van der Waals surface area contributed by atoms with Crippen LogP contribution in [0.4, 0.5) is 15.8 Å². The third-order valence-electron chi connectivity index (χ3n) is 2.21. The predicted octanol–water partition coefficient (Wildman–Crippen LogP) is 3.23. The first-order chi connectivity index (χ1) is 8.97. The fraction of sp³-hybridized carbons (Fsp3) is 0. The van der Waals surface area contributed by atoms with Gasteiger partial charge in [0.1, 0.15) is 5.82 Å². The number of nitrogens with one attached hydrogen (secondary N) is 1. The number of hydrogen-bond donors (Lipinski definition) is 1. The van der Waals surface area contributed by atoms with Crippen molar-refractivity contribution in [2.45, 2.75) is 0 Å². The first-order valence-electron chi connectivity index (χ1n) is 4.98. The Morgan fingerprint density at radius 1 is 1.37 bits per heavy atom. The number of carbonyl (C=O) groups excluding carboxylic acids is 1. The molecule has 0 radical (unpaired) electrons. The molecule has 0 aliphatic carbocycles. The van der Waals surface area contributed by atoms with E-state index in [4.69, 9.17) is 16.0 Å². The summed E-state index contributed by atoms with van der Waals surface area (Å²) in [7, 11) is 0. The van der Waals surface area contributed by atoms with Gasteiger partial charge in [-0.05, 0) is 29.8 Å². The van der Waals surface area contributed by atoms with E-state index in [1.54, 1.807) is 0 Å². The van der Waals surface area contributed by atoms with Gasteiger partial charge in [-0.25, -0.2) is 4.39 Å². The highest BCUT2D eigenvalue weighted by molar-refractivity contribution is 6.29. The lowest BCUT2D eigenvalue weighted by Gasteiger charge is -2.04. The molecule has 0 unspecified atom stereocenters. The number of nitrogens with zero attached hydrogens (tertiary/aromatic N) is 1. The summed E-state index contributed by atoms with van der Waals surface area (Å²) in [5.74, 6) is -1.68. The Labute approximate surface area is 110 Å². The highest BCUT2D eigenvalue weighted by atomic mass is 35.5. The molecule has 1 aromatic carbocycles. The molecule has 1 heterocycles. The predicted molar refractivity (Wildman–Crippen MR) is 64.7 cm³/mol. The standard InChI is InChI=1S/C11H6ClFN2O4/c12-10-4-3-9(19-10)11(16)14-8-5-6(15(17)18)1-2-7(8)13/h1-5H,(H,14,16). The zero-order chi connectivity index (χ0) is 14.0. The Hall–Kier alpha value is -2.41. The molecule has 0 bridgehead atoms. The first-order valence-corrected chi connectivity index (χ1v) is 5.36. The summed E-state index contributed by atoms with van der Waals surface area (Å²) < 4.78 is 18.3. The molecule has 0 aliphatic heterocycles. The average Bonchev–Trinajstić information content (AvgIpc) is 2.78. The fourth-order valence-corrected chi connectivity index (χ4v) is 1.49. The minimum Gasteiger partial charge on any atom is -0.440 e. The van der Waals surface area contributed by atoms with Crippen molar-refractivity contribution < 1.29 is 18.5 Å². The molecule has 1 amide bonds. The molecule has 1 N–H and O–H groups in total. The Bertz CT molecular complexity index is 656. The topological polar surface area (TPSA) is 85.4 Å². The maximum atomic E-state index is 13.4. The largest absolute Gasteiger partial charge is 0.440 e. The van der Waals surface area contributed by atoms with Gasteiger partial charge < -0.3 is 9.73 Å². The first kappa shape index (κ1) is 13.0. The smallest absolute Gasteiger partial charge is 0.291 e. The summed E-state index contributed by atoms with van der Waals surface area (Å²) >= 11 is 5.50. The van der Waals surface area contributed by atoms with Gasteiger partial charge in [0.2, 0.25) is 0 Å². The lowest BCUT2D eigenvalue weighted by molar-refractivity contribution is -0.384.